The monoisotopic (exact) mass is 318 g/mol. The average molecular weight is 318 g/mol. The smallest absolute Gasteiger partial charge is 0.236 e. The van der Waals surface area contributed by atoms with Gasteiger partial charge in [-0.25, -0.2) is 0 Å². The number of piperidine rings is 1. The lowest BCUT2D eigenvalue weighted by molar-refractivity contribution is -0.133. The largest absolute Gasteiger partial charge is 0.493 e. The highest BCUT2D eigenvalue weighted by Crippen LogP contribution is 2.33. The Balaban J connectivity index is 1.66. The standard InChI is InChI=1S/C18H26N2O3/c1-22-16-10-14-6-9-19(12-15(14)11-17(16)23-2)13-18(21)20-7-4-3-5-8-20/h10-11H,3-9,12-13H2,1-2H3. The Bertz CT molecular complexity index is 568. The Labute approximate surface area is 138 Å². The number of hydrogen-bond acceptors (Lipinski definition) is 4. The van der Waals surface area contributed by atoms with Gasteiger partial charge in [0.25, 0.3) is 0 Å². The Morgan fingerprint density at radius 3 is 2.30 bits per heavy atom. The van der Waals surface area contributed by atoms with Gasteiger partial charge in [0.2, 0.25) is 5.91 Å². The molecule has 2 aliphatic rings. The van der Waals surface area contributed by atoms with E-state index < -0.39 is 0 Å². The molecule has 5 heteroatoms. The van der Waals surface area contributed by atoms with Crippen LogP contribution < -0.4 is 9.47 Å². The molecule has 0 aliphatic carbocycles. The Kier molecular flexibility index (Phi) is 5.06. The molecule has 23 heavy (non-hydrogen) atoms. The average Bonchev–Trinajstić information content (AvgIpc) is 2.61. The maximum Gasteiger partial charge on any atom is 0.236 e. The molecule has 0 bridgehead atoms. The Morgan fingerprint density at radius 2 is 1.65 bits per heavy atom. The molecule has 0 saturated carbocycles. The van der Waals surface area contributed by atoms with Crippen LogP contribution in [0.5, 0.6) is 11.5 Å². The minimum Gasteiger partial charge on any atom is -0.493 e. The van der Waals surface area contributed by atoms with Crippen molar-refractivity contribution in [2.75, 3.05) is 40.4 Å². The zero-order valence-corrected chi connectivity index (χ0v) is 14.1. The number of benzene rings is 1. The van der Waals surface area contributed by atoms with Crippen molar-refractivity contribution in [3.05, 3.63) is 23.3 Å². The summed E-state index contributed by atoms with van der Waals surface area (Å²) in [5, 5.41) is 0. The number of fused-ring (bicyclic) bond motifs is 1. The SMILES string of the molecule is COc1cc2c(cc1OC)CN(CC(=O)N1CCCCC1)CC2. The molecule has 1 saturated heterocycles. The molecule has 2 heterocycles. The van der Waals surface area contributed by atoms with Gasteiger partial charge in [-0.05, 0) is 48.9 Å². The zero-order valence-electron chi connectivity index (χ0n) is 14.1. The molecule has 1 fully saturated rings. The van der Waals surface area contributed by atoms with E-state index in [2.05, 4.69) is 11.0 Å². The van der Waals surface area contributed by atoms with E-state index in [9.17, 15) is 4.79 Å². The van der Waals surface area contributed by atoms with E-state index in [0.29, 0.717) is 6.54 Å². The van der Waals surface area contributed by atoms with Crippen LogP contribution in [0.2, 0.25) is 0 Å². The van der Waals surface area contributed by atoms with Crippen molar-refractivity contribution in [2.45, 2.75) is 32.2 Å². The number of nitrogens with zero attached hydrogens (tertiary/aromatic N) is 2. The molecule has 5 nitrogen and oxygen atoms in total. The third kappa shape index (κ3) is 3.61. The summed E-state index contributed by atoms with van der Waals surface area (Å²) in [4.78, 5) is 16.7. The number of carbonyl (C=O) groups excluding carboxylic acids is 1. The third-order valence-electron chi connectivity index (χ3n) is 4.86. The van der Waals surface area contributed by atoms with Gasteiger partial charge in [-0.2, -0.15) is 0 Å². The predicted molar refractivity (Wildman–Crippen MR) is 89.0 cm³/mol. The number of hydrogen-bond donors (Lipinski definition) is 0. The van der Waals surface area contributed by atoms with Crippen LogP contribution in [0.4, 0.5) is 0 Å². The van der Waals surface area contributed by atoms with Gasteiger partial charge < -0.3 is 14.4 Å². The Hall–Kier alpha value is -1.75. The summed E-state index contributed by atoms with van der Waals surface area (Å²) in [7, 11) is 3.32. The molecule has 0 N–H and O–H groups in total. The van der Waals surface area contributed by atoms with Gasteiger partial charge in [-0.15, -0.1) is 0 Å². The highest BCUT2D eigenvalue weighted by Gasteiger charge is 2.23. The lowest BCUT2D eigenvalue weighted by Crippen LogP contribution is -2.44. The second-order valence-electron chi connectivity index (χ2n) is 6.38. The lowest BCUT2D eigenvalue weighted by atomic mass is 9.98. The van der Waals surface area contributed by atoms with Crippen molar-refractivity contribution in [1.29, 1.82) is 0 Å². The summed E-state index contributed by atoms with van der Waals surface area (Å²) in [6.45, 7) is 4.09. The predicted octanol–water partition coefficient (Wildman–Crippen LogP) is 2.07. The third-order valence-corrected chi connectivity index (χ3v) is 4.86. The number of rotatable bonds is 4. The molecule has 0 aromatic heterocycles. The first kappa shape index (κ1) is 16.1. The first-order chi connectivity index (χ1) is 11.2. The molecule has 126 valence electrons. The summed E-state index contributed by atoms with van der Waals surface area (Å²) in [5.74, 6) is 1.81. The summed E-state index contributed by atoms with van der Waals surface area (Å²) in [5.41, 5.74) is 2.53. The van der Waals surface area contributed by atoms with Crippen molar-refractivity contribution in [1.82, 2.24) is 9.80 Å². The van der Waals surface area contributed by atoms with Crippen LogP contribution >= 0.6 is 0 Å². The van der Waals surface area contributed by atoms with Gasteiger partial charge in [0, 0.05) is 26.2 Å². The molecule has 3 rings (SSSR count). The second-order valence-corrected chi connectivity index (χ2v) is 6.38. The molecular formula is C18H26N2O3. The first-order valence-electron chi connectivity index (χ1n) is 8.45. The van der Waals surface area contributed by atoms with E-state index in [1.165, 1.54) is 17.5 Å². The van der Waals surface area contributed by atoms with Crippen molar-refractivity contribution in [3.8, 4) is 11.5 Å². The quantitative estimate of drug-likeness (QED) is 0.852. The van der Waals surface area contributed by atoms with Crippen molar-refractivity contribution >= 4 is 5.91 Å². The van der Waals surface area contributed by atoms with Crippen LogP contribution in [0.3, 0.4) is 0 Å². The fourth-order valence-corrected chi connectivity index (χ4v) is 3.51. The lowest BCUT2D eigenvalue weighted by Gasteiger charge is -2.32. The number of likely N-dealkylation sites (tertiary alicyclic amines) is 1. The van der Waals surface area contributed by atoms with E-state index in [-0.39, 0.29) is 5.91 Å². The van der Waals surface area contributed by atoms with Crippen LogP contribution in [0.1, 0.15) is 30.4 Å². The molecule has 0 radical (unpaired) electrons. The van der Waals surface area contributed by atoms with Gasteiger partial charge in [-0.1, -0.05) is 0 Å². The topological polar surface area (TPSA) is 42.0 Å². The first-order valence-corrected chi connectivity index (χ1v) is 8.45. The number of methoxy groups -OCH3 is 2. The normalized spacial score (nSPS) is 18.4. The van der Waals surface area contributed by atoms with E-state index in [0.717, 1.165) is 56.9 Å². The molecule has 0 unspecified atom stereocenters. The van der Waals surface area contributed by atoms with Gasteiger partial charge in [0.15, 0.2) is 11.5 Å². The van der Waals surface area contributed by atoms with Gasteiger partial charge in [-0.3, -0.25) is 9.69 Å². The molecule has 0 spiro atoms. The van der Waals surface area contributed by atoms with Crippen molar-refractivity contribution in [3.63, 3.8) is 0 Å². The van der Waals surface area contributed by atoms with Gasteiger partial charge >= 0.3 is 0 Å². The Morgan fingerprint density at radius 1 is 1.00 bits per heavy atom. The molecule has 1 amide bonds. The fraction of sp³-hybridized carbons (Fsp3) is 0.611. The maximum absolute atomic E-state index is 12.4. The van der Waals surface area contributed by atoms with Crippen molar-refractivity contribution < 1.29 is 14.3 Å². The maximum atomic E-state index is 12.4. The second kappa shape index (κ2) is 7.21. The fourth-order valence-electron chi connectivity index (χ4n) is 3.51. The van der Waals surface area contributed by atoms with E-state index in [4.69, 9.17) is 9.47 Å². The van der Waals surface area contributed by atoms with Crippen molar-refractivity contribution in [2.24, 2.45) is 0 Å². The molecular weight excluding hydrogens is 292 g/mol. The highest BCUT2D eigenvalue weighted by molar-refractivity contribution is 5.78. The van der Waals surface area contributed by atoms with Crippen LogP contribution in [0.15, 0.2) is 12.1 Å². The molecule has 2 aliphatic heterocycles. The highest BCUT2D eigenvalue weighted by atomic mass is 16.5. The number of ether oxygens (including phenoxy) is 2. The van der Waals surface area contributed by atoms with Crippen LogP contribution in [-0.4, -0.2) is 56.1 Å². The molecule has 0 atom stereocenters. The van der Waals surface area contributed by atoms with E-state index >= 15 is 0 Å². The molecule has 1 aromatic carbocycles. The zero-order chi connectivity index (χ0) is 16.2. The van der Waals surface area contributed by atoms with Gasteiger partial charge in [0.1, 0.15) is 0 Å². The minimum absolute atomic E-state index is 0.272. The van der Waals surface area contributed by atoms with Crippen LogP contribution in [-0.2, 0) is 17.8 Å². The summed E-state index contributed by atoms with van der Waals surface area (Å²) >= 11 is 0. The summed E-state index contributed by atoms with van der Waals surface area (Å²) < 4.78 is 10.8. The minimum atomic E-state index is 0.272. The number of carbonyl (C=O) groups is 1. The van der Waals surface area contributed by atoms with E-state index in [1.54, 1.807) is 14.2 Å². The summed E-state index contributed by atoms with van der Waals surface area (Å²) in [6.07, 6.45) is 4.49. The van der Waals surface area contributed by atoms with Gasteiger partial charge in [0.05, 0.1) is 20.8 Å². The summed E-state index contributed by atoms with van der Waals surface area (Å²) in [6, 6.07) is 4.11. The number of amides is 1. The van der Waals surface area contributed by atoms with Crippen LogP contribution in [0, 0.1) is 0 Å². The van der Waals surface area contributed by atoms with Crippen LogP contribution in [0.25, 0.3) is 0 Å². The molecule has 1 aromatic rings. The van der Waals surface area contributed by atoms with E-state index in [1.807, 2.05) is 11.0 Å².